The van der Waals surface area contributed by atoms with Crippen molar-refractivity contribution in [2.75, 3.05) is 37.8 Å². The number of para-hydroxylation sites is 1. The van der Waals surface area contributed by atoms with E-state index in [-0.39, 0.29) is 0 Å². The van der Waals surface area contributed by atoms with Gasteiger partial charge in [-0.3, -0.25) is 0 Å². The number of benzene rings is 1. The minimum absolute atomic E-state index is 0.391. The molecule has 1 saturated heterocycles. The number of nitrogens with one attached hydrogen (secondary N) is 1. The van der Waals surface area contributed by atoms with Crippen LogP contribution in [0.2, 0.25) is 0 Å². The van der Waals surface area contributed by atoms with Crippen molar-refractivity contribution in [3.63, 3.8) is 0 Å². The first-order chi connectivity index (χ1) is 9.86. The molecule has 1 aliphatic rings. The lowest BCUT2D eigenvalue weighted by Crippen LogP contribution is -2.26. The average Bonchev–Trinajstić information content (AvgIpc) is 2.82. The summed E-state index contributed by atoms with van der Waals surface area (Å²) in [6.07, 6.45) is 2.44. The van der Waals surface area contributed by atoms with Crippen molar-refractivity contribution < 1.29 is 8.42 Å². The van der Waals surface area contributed by atoms with Crippen molar-refractivity contribution in [1.82, 2.24) is 4.90 Å². The summed E-state index contributed by atoms with van der Waals surface area (Å²) in [5.74, 6) is 1.29. The van der Waals surface area contributed by atoms with E-state index in [1.165, 1.54) is 12.7 Å². The van der Waals surface area contributed by atoms with Gasteiger partial charge in [0.2, 0.25) is 0 Å². The second-order valence-electron chi connectivity index (χ2n) is 6.46. The molecule has 0 unspecified atom stereocenters. The van der Waals surface area contributed by atoms with Crippen molar-refractivity contribution in [2.24, 2.45) is 11.8 Å². The van der Waals surface area contributed by atoms with Crippen LogP contribution in [-0.2, 0) is 9.84 Å². The van der Waals surface area contributed by atoms with Gasteiger partial charge >= 0.3 is 0 Å². The number of sulfone groups is 1. The fourth-order valence-corrected chi connectivity index (χ4v) is 3.82. The number of hydrogen-bond acceptors (Lipinski definition) is 4. The van der Waals surface area contributed by atoms with E-state index in [2.05, 4.69) is 24.1 Å². The summed E-state index contributed by atoms with van der Waals surface area (Å²) in [7, 11) is -3.18. The predicted octanol–water partition coefficient (Wildman–Crippen LogP) is 2.48. The van der Waals surface area contributed by atoms with Crippen molar-refractivity contribution in [3.8, 4) is 0 Å². The number of likely N-dealkylation sites (tertiary alicyclic amines) is 1. The van der Waals surface area contributed by atoms with Gasteiger partial charge in [-0.25, -0.2) is 8.42 Å². The van der Waals surface area contributed by atoms with Crippen LogP contribution in [-0.4, -0.2) is 45.8 Å². The lowest BCUT2D eigenvalue weighted by atomic mass is 10.1. The molecule has 4 nitrogen and oxygen atoms in total. The molecule has 2 rings (SSSR count). The third kappa shape index (κ3) is 4.71. The van der Waals surface area contributed by atoms with Gasteiger partial charge < -0.3 is 10.2 Å². The molecule has 21 heavy (non-hydrogen) atoms. The summed E-state index contributed by atoms with van der Waals surface area (Å²) in [5.41, 5.74) is 0.724. The van der Waals surface area contributed by atoms with Crippen LogP contribution in [0.25, 0.3) is 0 Å². The third-order valence-electron chi connectivity index (χ3n) is 3.86. The van der Waals surface area contributed by atoms with Crippen LogP contribution in [0.15, 0.2) is 29.2 Å². The lowest BCUT2D eigenvalue weighted by molar-refractivity contribution is 0.289. The van der Waals surface area contributed by atoms with Gasteiger partial charge in [-0.1, -0.05) is 26.0 Å². The van der Waals surface area contributed by atoms with E-state index in [4.69, 9.17) is 0 Å². The Morgan fingerprint density at radius 1 is 1.33 bits per heavy atom. The van der Waals surface area contributed by atoms with Crippen LogP contribution in [0.1, 0.15) is 20.3 Å². The summed E-state index contributed by atoms with van der Waals surface area (Å²) in [5, 5.41) is 3.33. The van der Waals surface area contributed by atoms with Crippen LogP contribution >= 0.6 is 0 Å². The molecular formula is C16H26N2O2S. The highest BCUT2D eigenvalue weighted by molar-refractivity contribution is 7.90. The van der Waals surface area contributed by atoms with Gasteiger partial charge in [-0.2, -0.15) is 0 Å². The Morgan fingerprint density at radius 2 is 2.05 bits per heavy atom. The molecule has 1 aromatic carbocycles. The maximum absolute atomic E-state index is 11.8. The molecule has 5 heteroatoms. The van der Waals surface area contributed by atoms with Gasteiger partial charge in [0, 0.05) is 25.9 Å². The average molecular weight is 310 g/mol. The Hall–Kier alpha value is -1.07. The first kappa shape index (κ1) is 16.3. The Labute approximate surface area is 128 Å². The number of nitrogens with zero attached hydrogens (tertiary/aromatic N) is 1. The Balaban J connectivity index is 1.93. The number of anilines is 1. The Bertz CT molecular complexity index is 569. The maximum Gasteiger partial charge on any atom is 0.177 e. The highest BCUT2D eigenvalue weighted by Gasteiger charge is 2.23. The van der Waals surface area contributed by atoms with E-state index in [1.807, 2.05) is 12.1 Å². The van der Waals surface area contributed by atoms with Crippen molar-refractivity contribution in [3.05, 3.63) is 24.3 Å². The summed E-state index contributed by atoms with van der Waals surface area (Å²) in [4.78, 5) is 2.89. The van der Waals surface area contributed by atoms with Crippen LogP contribution in [0.4, 0.5) is 5.69 Å². The molecule has 0 radical (unpaired) electrons. The van der Waals surface area contributed by atoms with E-state index in [9.17, 15) is 8.42 Å². The second kappa shape index (κ2) is 6.79. The van der Waals surface area contributed by atoms with Gasteiger partial charge in [0.1, 0.15) is 0 Å². The van der Waals surface area contributed by atoms with Gasteiger partial charge in [0.05, 0.1) is 10.6 Å². The molecule has 1 atom stereocenters. The lowest BCUT2D eigenvalue weighted by Gasteiger charge is -2.19. The van der Waals surface area contributed by atoms with Crippen LogP contribution in [0.5, 0.6) is 0 Å². The smallest absolute Gasteiger partial charge is 0.177 e. The standard InChI is InChI=1S/C16H26N2O2S/c1-13(2)11-18-9-8-14(12-18)10-17-15-6-4-5-7-16(15)21(3,19)20/h4-7,13-14,17H,8-12H2,1-3H3/t14-/m1/s1. The van der Waals surface area contributed by atoms with E-state index >= 15 is 0 Å². The number of hydrogen-bond donors (Lipinski definition) is 1. The molecule has 1 fully saturated rings. The minimum atomic E-state index is -3.18. The molecule has 1 heterocycles. The maximum atomic E-state index is 11.8. The zero-order valence-corrected chi connectivity index (χ0v) is 14.0. The molecule has 0 bridgehead atoms. The van der Waals surface area contributed by atoms with Crippen molar-refractivity contribution >= 4 is 15.5 Å². The van der Waals surface area contributed by atoms with Gasteiger partial charge in [-0.05, 0) is 36.9 Å². The molecule has 1 aromatic rings. The zero-order chi connectivity index (χ0) is 15.5. The fraction of sp³-hybridized carbons (Fsp3) is 0.625. The molecule has 0 aromatic heterocycles. The molecule has 1 aliphatic heterocycles. The second-order valence-corrected chi connectivity index (χ2v) is 8.44. The van der Waals surface area contributed by atoms with Crippen LogP contribution in [0.3, 0.4) is 0 Å². The summed E-state index contributed by atoms with van der Waals surface area (Å²) >= 11 is 0. The highest BCUT2D eigenvalue weighted by Crippen LogP contribution is 2.23. The fourth-order valence-electron chi connectivity index (χ4n) is 2.95. The summed E-state index contributed by atoms with van der Waals surface area (Å²) in [6, 6.07) is 7.15. The topological polar surface area (TPSA) is 49.4 Å². The van der Waals surface area contributed by atoms with Gasteiger partial charge in [0.25, 0.3) is 0 Å². The molecular weight excluding hydrogens is 284 g/mol. The Kier molecular flexibility index (Phi) is 5.27. The zero-order valence-electron chi connectivity index (χ0n) is 13.2. The van der Waals surface area contributed by atoms with Crippen LogP contribution in [0, 0.1) is 11.8 Å². The summed E-state index contributed by atoms with van der Waals surface area (Å²) < 4.78 is 23.5. The van der Waals surface area contributed by atoms with E-state index < -0.39 is 9.84 Å². The molecule has 118 valence electrons. The quantitative estimate of drug-likeness (QED) is 0.877. The minimum Gasteiger partial charge on any atom is -0.384 e. The summed E-state index contributed by atoms with van der Waals surface area (Å²) in [6.45, 7) is 8.73. The predicted molar refractivity (Wildman–Crippen MR) is 87.4 cm³/mol. The van der Waals surface area contributed by atoms with Crippen molar-refractivity contribution in [2.45, 2.75) is 25.2 Å². The largest absolute Gasteiger partial charge is 0.384 e. The third-order valence-corrected chi connectivity index (χ3v) is 5.02. The van der Waals surface area contributed by atoms with Crippen molar-refractivity contribution in [1.29, 1.82) is 0 Å². The van der Waals surface area contributed by atoms with Crippen LogP contribution < -0.4 is 5.32 Å². The van der Waals surface area contributed by atoms with E-state index in [0.717, 1.165) is 31.9 Å². The highest BCUT2D eigenvalue weighted by atomic mass is 32.2. The SMILES string of the molecule is CC(C)CN1CC[C@H](CNc2ccccc2S(C)(=O)=O)C1. The van der Waals surface area contributed by atoms with E-state index in [1.54, 1.807) is 12.1 Å². The first-order valence-corrected chi connectivity index (χ1v) is 9.50. The van der Waals surface area contributed by atoms with Gasteiger partial charge in [-0.15, -0.1) is 0 Å². The number of rotatable bonds is 6. The molecule has 0 aliphatic carbocycles. The first-order valence-electron chi connectivity index (χ1n) is 7.61. The molecule has 0 saturated carbocycles. The Morgan fingerprint density at radius 3 is 2.71 bits per heavy atom. The monoisotopic (exact) mass is 310 g/mol. The molecule has 1 N–H and O–H groups in total. The van der Waals surface area contributed by atoms with E-state index in [0.29, 0.717) is 16.7 Å². The molecule has 0 spiro atoms. The van der Waals surface area contributed by atoms with Gasteiger partial charge in [0.15, 0.2) is 9.84 Å². The molecule has 0 amide bonds. The normalized spacial score (nSPS) is 20.1.